The summed E-state index contributed by atoms with van der Waals surface area (Å²) in [7, 11) is -1.41. The van der Waals surface area contributed by atoms with E-state index < -0.39 is 22.2 Å². The molecular weight excluding hydrogens is 377 g/mol. The highest BCUT2D eigenvalue weighted by atomic mass is 32.2. The van der Waals surface area contributed by atoms with Gasteiger partial charge in [0.05, 0.1) is 5.25 Å². The van der Waals surface area contributed by atoms with Crippen molar-refractivity contribution in [3.63, 3.8) is 0 Å². The molecule has 0 bridgehead atoms. The third kappa shape index (κ3) is 4.61. The van der Waals surface area contributed by atoms with Crippen molar-refractivity contribution in [2.24, 2.45) is 5.92 Å². The van der Waals surface area contributed by atoms with Crippen LogP contribution in [0.3, 0.4) is 0 Å². The number of fused-ring (bicyclic) bond motifs is 1. The SMILES string of the molecule is CN1C[C@H]2CCN(c3ncccn3)CC[C@H]2S1(=O)=O.O=C(O)C(F)(F)F. The molecule has 2 aliphatic rings. The van der Waals surface area contributed by atoms with E-state index in [1.54, 1.807) is 25.5 Å². The molecule has 2 saturated heterocycles. The van der Waals surface area contributed by atoms with Crippen LogP contribution in [0.25, 0.3) is 0 Å². The Kier molecular flexibility index (Phi) is 6.06. The van der Waals surface area contributed by atoms with Gasteiger partial charge in [0.15, 0.2) is 0 Å². The molecule has 2 aliphatic heterocycles. The predicted octanol–water partition coefficient (Wildman–Crippen LogP) is 0.970. The number of sulfonamides is 1. The third-order valence-corrected chi connectivity index (χ3v) is 6.77. The smallest absolute Gasteiger partial charge is 0.475 e. The summed E-state index contributed by atoms with van der Waals surface area (Å²) in [6.45, 7) is 2.18. The number of carboxylic acids is 1. The van der Waals surface area contributed by atoms with Crippen LogP contribution in [0, 0.1) is 5.92 Å². The van der Waals surface area contributed by atoms with E-state index >= 15 is 0 Å². The zero-order chi connectivity index (χ0) is 19.5. The molecule has 146 valence electrons. The van der Waals surface area contributed by atoms with Crippen molar-refractivity contribution in [1.82, 2.24) is 14.3 Å². The van der Waals surface area contributed by atoms with Gasteiger partial charge in [-0.1, -0.05) is 0 Å². The normalized spacial score (nSPS) is 25.6. The van der Waals surface area contributed by atoms with E-state index in [-0.39, 0.29) is 11.2 Å². The lowest BCUT2D eigenvalue weighted by Gasteiger charge is -2.20. The van der Waals surface area contributed by atoms with Crippen molar-refractivity contribution in [2.75, 3.05) is 31.6 Å². The first-order valence-corrected chi connectivity index (χ1v) is 9.31. The van der Waals surface area contributed by atoms with E-state index in [9.17, 15) is 21.6 Å². The van der Waals surface area contributed by atoms with E-state index in [1.807, 2.05) is 0 Å². The molecule has 0 aliphatic carbocycles. The van der Waals surface area contributed by atoms with Gasteiger partial charge in [0.1, 0.15) is 0 Å². The summed E-state index contributed by atoms with van der Waals surface area (Å²) in [6.07, 6.45) is -0.0980. The number of aromatic nitrogens is 2. The minimum absolute atomic E-state index is 0.230. The molecule has 0 spiro atoms. The minimum Gasteiger partial charge on any atom is -0.475 e. The van der Waals surface area contributed by atoms with Crippen LogP contribution in [0.5, 0.6) is 0 Å². The van der Waals surface area contributed by atoms with Crippen LogP contribution in [-0.4, -0.2) is 71.9 Å². The van der Waals surface area contributed by atoms with E-state index in [1.165, 1.54) is 4.31 Å². The van der Waals surface area contributed by atoms with Crippen LogP contribution in [0.2, 0.25) is 0 Å². The number of rotatable bonds is 1. The zero-order valence-corrected chi connectivity index (χ0v) is 14.7. The van der Waals surface area contributed by atoms with Crippen LogP contribution < -0.4 is 4.90 Å². The molecular formula is C14H19F3N4O4S. The van der Waals surface area contributed by atoms with Crippen LogP contribution in [0.1, 0.15) is 12.8 Å². The summed E-state index contributed by atoms with van der Waals surface area (Å²) in [6, 6.07) is 1.79. The third-order valence-electron chi connectivity index (χ3n) is 4.37. The number of halogens is 3. The van der Waals surface area contributed by atoms with E-state index in [0.717, 1.165) is 13.0 Å². The maximum absolute atomic E-state index is 12.2. The Labute approximate surface area is 148 Å². The highest BCUT2D eigenvalue weighted by Crippen LogP contribution is 2.33. The van der Waals surface area contributed by atoms with Gasteiger partial charge in [-0.25, -0.2) is 27.5 Å². The fraction of sp³-hybridized carbons (Fsp3) is 0.643. The van der Waals surface area contributed by atoms with Crippen LogP contribution in [0.15, 0.2) is 18.5 Å². The number of carbonyl (C=O) groups is 1. The highest BCUT2D eigenvalue weighted by molar-refractivity contribution is 7.90. The molecule has 0 saturated carbocycles. The Morgan fingerprint density at radius 1 is 1.23 bits per heavy atom. The lowest BCUT2D eigenvalue weighted by atomic mass is 10.0. The first-order valence-electron chi connectivity index (χ1n) is 7.80. The van der Waals surface area contributed by atoms with Crippen molar-refractivity contribution in [3.05, 3.63) is 18.5 Å². The Bertz CT molecular complexity index is 729. The fourth-order valence-electron chi connectivity index (χ4n) is 3.06. The van der Waals surface area contributed by atoms with Gasteiger partial charge in [0.25, 0.3) is 0 Å². The molecule has 0 unspecified atom stereocenters. The molecule has 2 atom stereocenters. The van der Waals surface area contributed by atoms with Gasteiger partial charge in [-0.2, -0.15) is 13.2 Å². The van der Waals surface area contributed by atoms with E-state index in [4.69, 9.17) is 9.90 Å². The van der Waals surface area contributed by atoms with Gasteiger partial charge in [-0.3, -0.25) is 0 Å². The predicted molar refractivity (Wildman–Crippen MR) is 86.0 cm³/mol. The van der Waals surface area contributed by atoms with Crippen LogP contribution in [-0.2, 0) is 14.8 Å². The van der Waals surface area contributed by atoms with Crippen molar-refractivity contribution in [2.45, 2.75) is 24.3 Å². The fourth-order valence-corrected chi connectivity index (χ4v) is 5.03. The number of alkyl halides is 3. The first-order chi connectivity index (χ1) is 12.0. The Balaban J connectivity index is 0.000000298. The summed E-state index contributed by atoms with van der Waals surface area (Å²) in [4.78, 5) is 19.5. The van der Waals surface area contributed by atoms with Gasteiger partial charge < -0.3 is 10.0 Å². The van der Waals surface area contributed by atoms with Crippen molar-refractivity contribution in [1.29, 1.82) is 0 Å². The molecule has 1 N–H and O–H groups in total. The lowest BCUT2D eigenvalue weighted by molar-refractivity contribution is -0.192. The maximum Gasteiger partial charge on any atom is 0.490 e. The molecule has 3 heterocycles. The number of hydrogen-bond acceptors (Lipinski definition) is 6. The molecule has 12 heteroatoms. The largest absolute Gasteiger partial charge is 0.490 e. The number of aliphatic carboxylic acids is 1. The summed E-state index contributed by atoms with van der Waals surface area (Å²) in [5.41, 5.74) is 0. The standard InChI is InChI=1S/C12H18N4O2S.C2HF3O2/c1-15-9-10-3-7-16(12-13-5-2-6-14-12)8-4-11(10)19(15,17)18;3-2(4,5)1(6)7/h2,5-6,10-11H,3-4,7-9H2,1H3;(H,6,7)/t10-,11-;/m1./s1. The summed E-state index contributed by atoms with van der Waals surface area (Å²) < 4.78 is 57.6. The molecule has 0 radical (unpaired) electrons. The molecule has 0 amide bonds. The second-order valence-corrected chi connectivity index (χ2v) is 8.30. The van der Waals surface area contributed by atoms with Gasteiger partial charge >= 0.3 is 12.1 Å². The Morgan fingerprint density at radius 3 is 2.31 bits per heavy atom. The molecule has 0 aromatic carbocycles. The monoisotopic (exact) mass is 396 g/mol. The summed E-state index contributed by atoms with van der Waals surface area (Å²) in [5, 5.41) is 6.89. The van der Waals surface area contributed by atoms with E-state index in [0.29, 0.717) is 25.5 Å². The second-order valence-electron chi connectivity index (χ2n) is 6.04. The van der Waals surface area contributed by atoms with Gasteiger partial charge in [0.2, 0.25) is 16.0 Å². The molecule has 1 aromatic rings. The van der Waals surface area contributed by atoms with Crippen LogP contribution in [0.4, 0.5) is 19.1 Å². The molecule has 8 nitrogen and oxygen atoms in total. The number of carboxylic acid groups (broad SMARTS) is 1. The molecule has 26 heavy (non-hydrogen) atoms. The van der Waals surface area contributed by atoms with Crippen molar-refractivity contribution in [3.8, 4) is 0 Å². The maximum atomic E-state index is 12.2. The van der Waals surface area contributed by atoms with E-state index in [2.05, 4.69) is 14.9 Å². The van der Waals surface area contributed by atoms with Crippen LogP contribution >= 0.6 is 0 Å². The van der Waals surface area contributed by atoms with Gasteiger partial charge in [-0.15, -0.1) is 0 Å². The average molecular weight is 396 g/mol. The first kappa shape index (κ1) is 20.4. The van der Waals surface area contributed by atoms with Gasteiger partial charge in [-0.05, 0) is 24.8 Å². The number of hydrogen-bond donors (Lipinski definition) is 1. The molecule has 1 aromatic heterocycles. The Morgan fingerprint density at radius 2 is 1.77 bits per heavy atom. The van der Waals surface area contributed by atoms with Crippen molar-refractivity contribution < 1.29 is 31.5 Å². The quantitative estimate of drug-likeness (QED) is 0.754. The minimum atomic E-state index is -5.08. The zero-order valence-electron chi connectivity index (χ0n) is 13.9. The Hall–Kier alpha value is -1.95. The highest BCUT2D eigenvalue weighted by Gasteiger charge is 2.45. The molecule has 2 fully saturated rings. The van der Waals surface area contributed by atoms with Gasteiger partial charge in [0, 0.05) is 39.1 Å². The topological polar surface area (TPSA) is 104 Å². The lowest BCUT2D eigenvalue weighted by Crippen LogP contribution is -2.30. The second kappa shape index (κ2) is 7.74. The average Bonchev–Trinajstić information content (AvgIpc) is 2.71. The number of anilines is 1. The summed E-state index contributed by atoms with van der Waals surface area (Å²) >= 11 is 0. The number of nitrogens with zero attached hydrogens (tertiary/aromatic N) is 4. The molecule has 3 rings (SSSR count). The van der Waals surface area contributed by atoms with Crippen molar-refractivity contribution >= 4 is 21.9 Å². The summed E-state index contributed by atoms with van der Waals surface area (Å²) in [5.74, 6) is -1.82.